The van der Waals surface area contributed by atoms with Crippen molar-refractivity contribution in [3.8, 4) is 0 Å². The van der Waals surface area contributed by atoms with Gasteiger partial charge in [-0.1, -0.05) is 135 Å². The maximum Gasteiger partial charge on any atom is 0.306 e. The molecule has 0 aliphatic rings. The number of ether oxygens (including phenoxy) is 2. The van der Waals surface area contributed by atoms with Gasteiger partial charge in [0.05, 0.1) is 41.0 Å². The van der Waals surface area contributed by atoms with Gasteiger partial charge in [-0.05, 0) is 83.5 Å². The third-order valence-electron chi connectivity index (χ3n) is 7.53. The number of esters is 1. The Morgan fingerprint density at radius 2 is 0.964 bits per heavy atom. The normalized spacial score (nSPS) is 15.1. The Morgan fingerprint density at radius 3 is 1.38 bits per heavy atom. The Balaban J connectivity index is 4.54. The van der Waals surface area contributed by atoms with Crippen LogP contribution in [-0.2, 0) is 27.9 Å². The second kappa shape index (κ2) is 37.8. The van der Waals surface area contributed by atoms with E-state index in [4.69, 9.17) is 18.5 Å². The second-order valence-corrected chi connectivity index (χ2v) is 15.3. The van der Waals surface area contributed by atoms with Crippen LogP contribution in [0, 0.1) is 0 Å². The molecule has 8 nitrogen and oxygen atoms in total. The number of phosphoric acid groups is 1. The van der Waals surface area contributed by atoms with E-state index in [1.807, 2.05) is 27.2 Å². The maximum absolute atomic E-state index is 12.6. The molecule has 55 heavy (non-hydrogen) atoms. The van der Waals surface area contributed by atoms with E-state index in [9.17, 15) is 14.3 Å². The number of nitrogens with zero attached hydrogens (tertiary/aromatic N) is 1. The molecule has 0 heterocycles. The summed E-state index contributed by atoms with van der Waals surface area (Å²) in [5.41, 5.74) is 0. The van der Waals surface area contributed by atoms with Gasteiger partial charge in [0.1, 0.15) is 19.3 Å². The highest BCUT2D eigenvalue weighted by Crippen LogP contribution is 2.38. The average Bonchev–Trinajstić information content (AvgIpc) is 3.13. The van der Waals surface area contributed by atoms with Crippen LogP contribution >= 0.6 is 7.82 Å². The molecule has 0 aromatic heterocycles. The van der Waals surface area contributed by atoms with Gasteiger partial charge in [0.15, 0.2) is 0 Å². The number of carbonyl (C=O) groups is 1. The average molecular weight is 784 g/mol. The molecule has 9 heteroatoms. The van der Waals surface area contributed by atoms with Gasteiger partial charge in [-0.25, -0.2) is 0 Å². The first-order valence-corrected chi connectivity index (χ1v) is 21.7. The molecule has 2 atom stereocenters. The van der Waals surface area contributed by atoms with Crippen LogP contribution in [0.2, 0.25) is 0 Å². The highest BCUT2D eigenvalue weighted by Gasteiger charge is 2.20. The fraction of sp³-hybridized carbons (Fsp3) is 0.543. The van der Waals surface area contributed by atoms with Gasteiger partial charge in [-0.15, -0.1) is 0 Å². The molecule has 0 amide bonds. The van der Waals surface area contributed by atoms with E-state index >= 15 is 0 Å². The van der Waals surface area contributed by atoms with Crippen LogP contribution in [0.4, 0.5) is 0 Å². The summed E-state index contributed by atoms with van der Waals surface area (Å²) >= 11 is 0. The predicted molar refractivity (Wildman–Crippen MR) is 230 cm³/mol. The topological polar surface area (TPSA) is 94.1 Å². The smallest absolute Gasteiger partial charge is 0.306 e. The summed E-state index contributed by atoms with van der Waals surface area (Å²) < 4.78 is 34.3. The molecule has 0 aliphatic carbocycles. The molecule has 310 valence electrons. The zero-order valence-electron chi connectivity index (χ0n) is 34.8. The van der Waals surface area contributed by atoms with Crippen LogP contribution in [0.3, 0.4) is 0 Å². The number of unbranched alkanes of at least 4 members (excludes halogenated alkanes) is 1. The van der Waals surface area contributed by atoms with Gasteiger partial charge >= 0.3 is 5.97 Å². The van der Waals surface area contributed by atoms with Crippen molar-refractivity contribution in [2.24, 2.45) is 0 Å². The first-order valence-electron chi connectivity index (χ1n) is 20.3. The third kappa shape index (κ3) is 41.9. The Bertz CT molecular complexity index is 1280. The first kappa shape index (κ1) is 51.9. The number of quaternary nitrogens is 1. The van der Waals surface area contributed by atoms with Crippen molar-refractivity contribution >= 4 is 13.8 Å². The quantitative estimate of drug-likeness (QED) is 0.0208. The minimum atomic E-state index is -4.57. The molecule has 0 fully saturated rings. The SMILES string of the molecule is CC/C=C\C/C=C\C/C=C\C/C=C\C/C=C\CCCC(=O)OC(COCC/C=C\C/C=C\C/C=C\C/C=C\C/C=C\CC)COP(=O)([O-])OCC[N+](C)(C)C. The highest BCUT2D eigenvalue weighted by molar-refractivity contribution is 7.45. The van der Waals surface area contributed by atoms with Crippen molar-refractivity contribution in [1.29, 1.82) is 0 Å². The van der Waals surface area contributed by atoms with E-state index in [-0.39, 0.29) is 26.2 Å². The van der Waals surface area contributed by atoms with Crippen molar-refractivity contribution in [1.82, 2.24) is 0 Å². The van der Waals surface area contributed by atoms with Gasteiger partial charge in [0, 0.05) is 6.42 Å². The van der Waals surface area contributed by atoms with Gasteiger partial charge < -0.3 is 27.9 Å². The van der Waals surface area contributed by atoms with Crippen molar-refractivity contribution in [2.75, 3.05) is 54.1 Å². The molecule has 0 radical (unpaired) electrons. The van der Waals surface area contributed by atoms with Gasteiger partial charge in [-0.2, -0.15) is 0 Å². The lowest BCUT2D eigenvalue weighted by Crippen LogP contribution is -2.37. The Morgan fingerprint density at radius 1 is 0.564 bits per heavy atom. The molecule has 0 aromatic rings. The van der Waals surface area contributed by atoms with E-state index in [1.54, 1.807) is 0 Å². The summed E-state index contributed by atoms with van der Waals surface area (Å²) in [6.45, 7) is 4.81. The highest BCUT2D eigenvalue weighted by atomic mass is 31.2. The van der Waals surface area contributed by atoms with E-state index in [0.717, 1.165) is 70.6 Å². The third-order valence-corrected chi connectivity index (χ3v) is 8.49. The predicted octanol–water partition coefficient (Wildman–Crippen LogP) is 11.2. The monoisotopic (exact) mass is 784 g/mol. The van der Waals surface area contributed by atoms with Gasteiger partial charge in [0.25, 0.3) is 7.82 Å². The number of carbonyl (C=O) groups excluding carboxylic acids is 1. The molecule has 0 saturated carbocycles. The number of hydrogen-bond donors (Lipinski definition) is 0. The molecule has 0 aliphatic heterocycles. The summed E-state index contributed by atoms with van der Waals surface area (Å²) in [6, 6.07) is 0. The van der Waals surface area contributed by atoms with Crippen LogP contribution in [0.25, 0.3) is 0 Å². The zero-order chi connectivity index (χ0) is 40.6. The van der Waals surface area contributed by atoms with Crippen LogP contribution in [-0.4, -0.2) is 70.7 Å². The van der Waals surface area contributed by atoms with E-state index in [2.05, 4.69) is 129 Å². The number of rotatable bonds is 35. The minimum absolute atomic E-state index is 0.00567. The largest absolute Gasteiger partial charge is 0.756 e. The van der Waals surface area contributed by atoms with Crippen molar-refractivity contribution < 1.29 is 37.3 Å². The van der Waals surface area contributed by atoms with Crippen molar-refractivity contribution in [3.05, 3.63) is 122 Å². The summed E-state index contributed by atoms with van der Waals surface area (Å²) in [5.74, 6) is -0.422. The van der Waals surface area contributed by atoms with Crippen LogP contribution in [0.1, 0.15) is 104 Å². The molecule has 0 rings (SSSR count). The second-order valence-electron chi connectivity index (χ2n) is 13.9. The van der Waals surface area contributed by atoms with Crippen LogP contribution < -0.4 is 4.89 Å². The number of allylic oxidation sites excluding steroid dienone is 19. The lowest BCUT2D eigenvalue weighted by atomic mass is 10.2. The van der Waals surface area contributed by atoms with Crippen LogP contribution in [0.15, 0.2) is 122 Å². The number of hydrogen-bond acceptors (Lipinski definition) is 7. The molecule has 0 spiro atoms. The molecular weight excluding hydrogens is 709 g/mol. The number of phosphoric ester groups is 1. The minimum Gasteiger partial charge on any atom is -0.756 e. The van der Waals surface area contributed by atoms with Crippen molar-refractivity contribution in [3.63, 3.8) is 0 Å². The first-order chi connectivity index (χ1) is 26.6. The zero-order valence-corrected chi connectivity index (χ0v) is 35.7. The Hall–Kier alpha value is -3.10. The Labute approximate surface area is 335 Å². The number of likely N-dealkylation sites (N-methyl/N-ethyl adjacent to an activating group) is 1. The lowest BCUT2D eigenvalue weighted by molar-refractivity contribution is -0.870. The van der Waals surface area contributed by atoms with Gasteiger partial charge in [0.2, 0.25) is 0 Å². The van der Waals surface area contributed by atoms with Crippen molar-refractivity contribution in [2.45, 2.75) is 110 Å². The molecule has 2 unspecified atom stereocenters. The van der Waals surface area contributed by atoms with E-state index in [0.29, 0.717) is 30.5 Å². The van der Waals surface area contributed by atoms with E-state index < -0.39 is 19.9 Å². The molecule has 0 aromatic carbocycles. The fourth-order valence-corrected chi connectivity index (χ4v) is 5.20. The molecular formula is C46H74NO7P. The fourth-order valence-electron chi connectivity index (χ4n) is 4.47. The summed E-state index contributed by atoms with van der Waals surface area (Å²) in [7, 11) is 1.25. The van der Waals surface area contributed by atoms with E-state index in [1.165, 1.54) is 0 Å². The Kier molecular flexibility index (Phi) is 35.7. The molecule has 0 bridgehead atoms. The summed E-state index contributed by atoms with van der Waals surface area (Å²) in [4.78, 5) is 25.0. The molecule has 0 N–H and O–H groups in total. The molecule has 0 saturated heterocycles. The van der Waals surface area contributed by atoms with Gasteiger partial charge in [-0.3, -0.25) is 9.36 Å². The summed E-state index contributed by atoms with van der Waals surface area (Å²) in [5, 5.41) is 0. The standard InChI is InChI=1S/C46H74NO7P/c1-6-8-10-12-14-16-18-20-22-24-25-27-29-31-33-35-37-39-46(48)54-45(44-53-55(49,50)52-42-40-47(3,4)5)43-51-41-38-36-34-32-30-28-26-23-21-19-17-15-13-11-9-7-2/h8-11,14-17,20-23,25,27-28,30-31,33-34,36,45H,6-7,12-13,18-19,24,26,29,32,35,37-44H2,1-5H3/b10-8-,11-9-,16-14-,17-15-,22-20-,23-21-,27-25-,30-28-,33-31-,36-34-. The van der Waals surface area contributed by atoms with Crippen LogP contribution in [0.5, 0.6) is 0 Å². The summed E-state index contributed by atoms with van der Waals surface area (Å²) in [6.07, 6.45) is 53.9. The maximum atomic E-state index is 12.6. The lowest BCUT2D eigenvalue weighted by Gasteiger charge is -2.28.